The summed E-state index contributed by atoms with van der Waals surface area (Å²) in [5, 5.41) is 3.75. The molecule has 0 radical (unpaired) electrons. The monoisotopic (exact) mass is 222 g/mol. The van der Waals surface area contributed by atoms with Crippen LogP contribution in [0.1, 0.15) is 13.3 Å². The summed E-state index contributed by atoms with van der Waals surface area (Å²) >= 11 is 1.43. The van der Waals surface area contributed by atoms with Crippen molar-refractivity contribution in [2.45, 2.75) is 13.3 Å². The molecule has 1 N–H and O–H groups in total. The molecule has 1 aromatic carbocycles. The van der Waals surface area contributed by atoms with Crippen molar-refractivity contribution in [3.8, 4) is 0 Å². The lowest BCUT2D eigenvalue weighted by molar-refractivity contribution is 0.637. The van der Waals surface area contributed by atoms with Crippen LogP contribution in [-0.4, -0.2) is 4.98 Å². The van der Waals surface area contributed by atoms with Gasteiger partial charge in [0.25, 0.3) is 0 Å². The van der Waals surface area contributed by atoms with Gasteiger partial charge in [0.2, 0.25) is 0 Å². The first-order valence-corrected chi connectivity index (χ1v) is 5.52. The van der Waals surface area contributed by atoms with Crippen LogP contribution in [0.15, 0.2) is 30.5 Å². The van der Waals surface area contributed by atoms with Crippen LogP contribution in [-0.2, 0) is 0 Å². The molecule has 0 bridgehead atoms. The minimum Gasteiger partial charge on any atom is -0.336 e. The fourth-order valence-electron chi connectivity index (χ4n) is 1.21. The fourth-order valence-corrected chi connectivity index (χ4v) is 2.14. The molecule has 0 saturated heterocycles. The van der Waals surface area contributed by atoms with Crippen LogP contribution in [0.25, 0.3) is 10.2 Å². The lowest BCUT2D eigenvalue weighted by Crippen LogP contribution is -1.95. The van der Waals surface area contributed by atoms with Crippen molar-refractivity contribution in [1.29, 1.82) is 0 Å². The van der Waals surface area contributed by atoms with Gasteiger partial charge in [-0.2, -0.15) is 0 Å². The zero-order chi connectivity index (χ0) is 10.8. The molecule has 0 unspecified atom stereocenters. The summed E-state index contributed by atoms with van der Waals surface area (Å²) in [4.78, 5) is 4.17. The number of nitrogens with one attached hydrogen (secondary N) is 1. The van der Waals surface area contributed by atoms with Crippen LogP contribution in [0.5, 0.6) is 0 Å². The molecule has 4 heteroatoms. The second-order valence-electron chi connectivity index (χ2n) is 3.19. The van der Waals surface area contributed by atoms with E-state index in [9.17, 15) is 4.39 Å². The van der Waals surface area contributed by atoms with Gasteiger partial charge >= 0.3 is 0 Å². The number of nitrogens with zero attached hydrogens (tertiary/aromatic N) is 1. The quantitative estimate of drug-likeness (QED) is 0.855. The molecule has 0 saturated carbocycles. The summed E-state index contributed by atoms with van der Waals surface area (Å²) in [6, 6.07) is 4.96. The highest BCUT2D eigenvalue weighted by Gasteiger charge is 2.07. The highest BCUT2D eigenvalue weighted by atomic mass is 32.1. The molecule has 1 aromatic heterocycles. The lowest BCUT2D eigenvalue weighted by Gasteiger charge is -2.00. The van der Waals surface area contributed by atoms with E-state index in [2.05, 4.69) is 16.9 Å². The van der Waals surface area contributed by atoms with Crippen LogP contribution in [0, 0.1) is 5.82 Å². The molecule has 1 heterocycles. The van der Waals surface area contributed by atoms with Gasteiger partial charge in [0, 0.05) is 5.70 Å². The largest absolute Gasteiger partial charge is 0.336 e. The topological polar surface area (TPSA) is 24.9 Å². The minimum atomic E-state index is -0.279. The summed E-state index contributed by atoms with van der Waals surface area (Å²) in [6.45, 7) is 5.83. The first-order valence-electron chi connectivity index (χ1n) is 4.70. The van der Waals surface area contributed by atoms with E-state index >= 15 is 0 Å². The molecular weight excluding hydrogens is 211 g/mol. The van der Waals surface area contributed by atoms with E-state index in [4.69, 9.17) is 0 Å². The molecule has 78 valence electrons. The molecule has 2 rings (SSSR count). The number of hydrogen-bond acceptors (Lipinski definition) is 3. The van der Waals surface area contributed by atoms with Gasteiger partial charge < -0.3 is 5.32 Å². The van der Waals surface area contributed by atoms with Crippen LogP contribution < -0.4 is 5.32 Å². The van der Waals surface area contributed by atoms with Crippen molar-refractivity contribution in [2.75, 3.05) is 5.32 Å². The third-order valence-electron chi connectivity index (χ3n) is 2.08. The summed E-state index contributed by atoms with van der Waals surface area (Å²) in [5.41, 5.74) is 1.31. The van der Waals surface area contributed by atoms with Gasteiger partial charge in [-0.1, -0.05) is 30.9 Å². The average Bonchev–Trinajstić information content (AvgIpc) is 2.62. The van der Waals surface area contributed by atoms with E-state index in [1.165, 1.54) is 17.4 Å². The Balaban J connectivity index is 2.39. The first-order chi connectivity index (χ1) is 7.20. The Kier molecular flexibility index (Phi) is 2.68. The molecular formula is C11H11FN2S. The van der Waals surface area contributed by atoms with Gasteiger partial charge in [-0.3, -0.25) is 0 Å². The maximum Gasteiger partial charge on any atom is 0.188 e. The van der Waals surface area contributed by atoms with Crippen LogP contribution in [0.2, 0.25) is 0 Å². The average molecular weight is 222 g/mol. The molecule has 15 heavy (non-hydrogen) atoms. The minimum absolute atomic E-state index is 0.279. The summed E-state index contributed by atoms with van der Waals surface area (Å²) in [6.07, 6.45) is 0.832. The Morgan fingerprint density at radius 1 is 1.60 bits per heavy atom. The van der Waals surface area contributed by atoms with Crippen LogP contribution >= 0.6 is 11.3 Å². The lowest BCUT2D eigenvalue weighted by atomic mass is 10.3. The zero-order valence-corrected chi connectivity index (χ0v) is 9.20. The van der Waals surface area contributed by atoms with E-state index in [1.807, 2.05) is 13.0 Å². The number of benzene rings is 1. The Labute approximate surface area is 91.5 Å². The van der Waals surface area contributed by atoms with E-state index in [1.54, 1.807) is 6.07 Å². The van der Waals surface area contributed by atoms with Crippen molar-refractivity contribution in [3.05, 3.63) is 36.3 Å². The Morgan fingerprint density at radius 3 is 3.07 bits per heavy atom. The Bertz CT molecular complexity index is 504. The van der Waals surface area contributed by atoms with Crippen molar-refractivity contribution in [2.24, 2.45) is 0 Å². The number of halogens is 1. The van der Waals surface area contributed by atoms with Crippen molar-refractivity contribution in [3.63, 3.8) is 0 Å². The number of para-hydroxylation sites is 1. The van der Waals surface area contributed by atoms with Gasteiger partial charge in [-0.05, 0) is 18.6 Å². The van der Waals surface area contributed by atoms with Gasteiger partial charge in [-0.25, -0.2) is 9.37 Å². The molecule has 0 aliphatic rings. The SMILES string of the molecule is C=C(CC)Nc1nc2c(F)cccc2s1. The van der Waals surface area contributed by atoms with E-state index in [0.29, 0.717) is 10.6 Å². The van der Waals surface area contributed by atoms with Gasteiger partial charge in [0.1, 0.15) is 11.3 Å². The third kappa shape index (κ3) is 1.99. The maximum atomic E-state index is 13.3. The summed E-state index contributed by atoms with van der Waals surface area (Å²) in [7, 11) is 0. The number of hydrogen-bond donors (Lipinski definition) is 1. The molecule has 0 spiro atoms. The molecule has 2 nitrogen and oxygen atoms in total. The summed E-state index contributed by atoms with van der Waals surface area (Å²) < 4.78 is 14.2. The number of anilines is 1. The second kappa shape index (κ2) is 3.98. The van der Waals surface area contributed by atoms with Crippen LogP contribution in [0.4, 0.5) is 9.52 Å². The fraction of sp³-hybridized carbons (Fsp3) is 0.182. The highest BCUT2D eigenvalue weighted by Crippen LogP contribution is 2.28. The Morgan fingerprint density at radius 2 is 2.40 bits per heavy atom. The highest BCUT2D eigenvalue weighted by molar-refractivity contribution is 7.22. The predicted molar refractivity (Wildman–Crippen MR) is 62.6 cm³/mol. The Hall–Kier alpha value is -1.42. The molecule has 0 atom stereocenters. The predicted octanol–water partition coefficient (Wildman–Crippen LogP) is 3.77. The maximum absolute atomic E-state index is 13.3. The third-order valence-corrected chi connectivity index (χ3v) is 3.02. The van der Waals surface area contributed by atoms with E-state index < -0.39 is 0 Å². The number of allylic oxidation sites excluding steroid dienone is 1. The number of aromatic nitrogens is 1. The van der Waals surface area contributed by atoms with Crippen LogP contribution in [0.3, 0.4) is 0 Å². The van der Waals surface area contributed by atoms with Crippen molar-refractivity contribution < 1.29 is 4.39 Å². The molecule has 0 aliphatic carbocycles. The normalized spacial score (nSPS) is 10.5. The van der Waals surface area contributed by atoms with E-state index in [0.717, 1.165) is 16.8 Å². The molecule has 0 aliphatic heterocycles. The van der Waals surface area contributed by atoms with Gasteiger partial charge in [-0.15, -0.1) is 0 Å². The van der Waals surface area contributed by atoms with Gasteiger partial charge in [0.15, 0.2) is 5.13 Å². The second-order valence-corrected chi connectivity index (χ2v) is 4.22. The zero-order valence-electron chi connectivity index (χ0n) is 8.38. The first kappa shape index (κ1) is 10.1. The van der Waals surface area contributed by atoms with Gasteiger partial charge in [0.05, 0.1) is 4.70 Å². The molecule has 0 amide bonds. The van der Waals surface area contributed by atoms with Crippen molar-refractivity contribution in [1.82, 2.24) is 4.98 Å². The molecule has 0 fully saturated rings. The number of thiazole rings is 1. The summed E-state index contributed by atoms with van der Waals surface area (Å²) in [5.74, 6) is -0.279. The van der Waals surface area contributed by atoms with Crippen molar-refractivity contribution >= 4 is 26.7 Å². The molecule has 2 aromatic rings. The number of fused-ring (bicyclic) bond motifs is 1. The number of rotatable bonds is 3. The standard InChI is InChI=1S/C11H11FN2S/c1-3-7(2)13-11-14-10-8(12)5-4-6-9(10)15-11/h4-6H,2-3H2,1H3,(H,13,14). The van der Waals surface area contributed by atoms with E-state index in [-0.39, 0.29) is 5.82 Å². The smallest absolute Gasteiger partial charge is 0.188 e.